The zero-order chi connectivity index (χ0) is 15.5. The number of rotatable bonds is 2. The topological polar surface area (TPSA) is 55.1 Å². The Morgan fingerprint density at radius 3 is 2.95 bits per heavy atom. The van der Waals surface area contributed by atoms with Crippen molar-refractivity contribution in [2.24, 2.45) is 11.1 Å². The summed E-state index contributed by atoms with van der Waals surface area (Å²) in [7, 11) is 0. The first-order valence-electron chi connectivity index (χ1n) is 7.54. The molecule has 1 heterocycles. The van der Waals surface area contributed by atoms with Gasteiger partial charge in [0.25, 0.3) is 5.91 Å². The summed E-state index contributed by atoms with van der Waals surface area (Å²) in [5.74, 6) is 5.91. The number of aryl methyl sites for hydroxylation is 1. The van der Waals surface area contributed by atoms with E-state index >= 15 is 0 Å². The third-order valence-electron chi connectivity index (χ3n) is 4.26. The maximum Gasteiger partial charge on any atom is 0.261 e. The minimum Gasteiger partial charge on any atom is -0.348 e. The van der Waals surface area contributed by atoms with Gasteiger partial charge >= 0.3 is 0 Å². The van der Waals surface area contributed by atoms with Crippen LogP contribution < -0.4 is 11.1 Å². The van der Waals surface area contributed by atoms with Crippen LogP contribution in [0.5, 0.6) is 0 Å². The molecule has 21 heavy (non-hydrogen) atoms. The Morgan fingerprint density at radius 1 is 1.52 bits per heavy atom. The van der Waals surface area contributed by atoms with Gasteiger partial charge in [-0.2, -0.15) is 0 Å². The largest absolute Gasteiger partial charge is 0.348 e. The van der Waals surface area contributed by atoms with Gasteiger partial charge in [0.1, 0.15) is 0 Å². The predicted octanol–water partition coefficient (Wildman–Crippen LogP) is 3.07. The van der Waals surface area contributed by atoms with Gasteiger partial charge in [0.15, 0.2) is 0 Å². The van der Waals surface area contributed by atoms with Crippen LogP contribution in [0.4, 0.5) is 0 Å². The van der Waals surface area contributed by atoms with Gasteiger partial charge in [-0.05, 0) is 36.8 Å². The van der Waals surface area contributed by atoms with Gasteiger partial charge in [-0.1, -0.05) is 38.5 Å². The monoisotopic (exact) mass is 304 g/mol. The van der Waals surface area contributed by atoms with E-state index in [9.17, 15) is 4.79 Å². The van der Waals surface area contributed by atoms with Crippen molar-refractivity contribution in [2.75, 3.05) is 6.54 Å². The molecule has 1 saturated carbocycles. The molecule has 0 aromatic carbocycles. The standard InChI is InChI=1S/C17H24N2OS/c1-12-11-14(21-13(12)7-6-10-18)16(20)19-15-8-4-5-9-17(15,2)3/h11,15H,4-5,8-10,18H2,1-3H3,(H,19,20). The Kier molecular flexibility index (Phi) is 5.08. The average Bonchev–Trinajstić information content (AvgIpc) is 2.80. The van der Waals surface area contributed by atoms with E-state index in [1.165, 1.54) is 30.6 Å². The van der Waals surface area contributed by atoms with Gasteiger partial charge in [0, 0.05) is 6.04 Å². The summed E-state index contributed by atoms with van der Waals surface area (Å²) >= 11 is 1.46. The van der Waals surface area contributed by atoms with Crippen LogP contribution in [0, 0.1) is 24.2 Å². The number of nitrogens with one attached hydrogen (secondary N) is 1. The molecule has 0 bridgehead atoms. The highest BCUT2D eigenvalue weighted by molar-refractivity contribution is 7.14. The lowest BCUT2D eigenvalue weighted by molar-refractivity contribution is 0.0857. The Hall–Kier alpha value is -1.31. The fraction of sp³-hybridized carbons (Fsp3) is 0.588. The first-order chi connectivity index (χ1) is 9.94. The van der Waals surface area contributed by atoms with Crippen LogP contribution in [0.3, 0.4) is 0 Å². The number of carbonyl (C=O) groups excluding carboxylic acids is 1. The first kappa shape index (κ1) is 16.1. The summed E-state index contributed by atoms with van der Waals surface area (Å²) < 4.78 is 0. The second-order valence-corrected chi connectivity index (χ2v) is 7.44. The van der Waals surface area contributed by atoms with Gasteiger partial charge in [-0.25, -0.2) is 0 Å². The Balaban J connectivity index is 2.10. The summed E-state index contributed by atoms with van der Waals surface area (Å²) in [5.41, 5.74) is 6.63. The van der Waals surface area contributed by atoms with Crippen LogP contribution in [0.15, 0.2) is 6.07 Å². The second-order valence-electron chi connectivity index (χ2n) is 6.39. The lowest BCUT2D eigenvalue weighted by Crippen LogP contribution is -2.46. The maximum atomic E-state index is 12.5. The second kappa shape index (κ2) is 6.64. The van der Waals surface area contributed by atoms with Gasteiger partial charge in [0.05, 0.1) is 16.3 Å². The van der Waals surface area contributed by atoms with E-state index in [0.29, 0.717) is 6.54 Å². The number of amides is 1. The third-order valence-corrected chi connectivity index (χ3v) is 5.41. The molecule has 3 nitrogen and oxygen atoms in total. The van der Waals surface area contributed by atoms with Gasteiger partial charge < -0.3 is 11.1 Å². The molecule has 0 saturated heterocycles. The number of thiophene rings is 1. The molecule has 2 rings (SSSR count). The molecular formula is C17H24N2OS. The van der Waals surface area contributed by atoms with Crippen molar-refractivity contribution in [1.29, 1.82) is 0 Å². The molecule has 1 amide bonds. The molecule has 3 N–H and O–H groups in total. The van der Waals surface area contributed by atoms with Gasteiger partial charge in [0.2, 0.25) is 0 Å². The van der Waals surface area contributed by atoms with Gasteiger partial charge in [-0.15, -0.1) is 11.3 Å². The Bertz CT molecular complexity index is 577. The quantitative estimate of drug-likeness (QED) is 0.825. The zero-order valence-corrected chi connectivity index (χ0v) is 13.9. The van der Waals surface area contributed by atoms with E-state index in [4.69, 9.17) is 5.73 Å². The molecule has 114 valence electrons. The number of hydrogen-bond donors (Lipinski definition) is 2. The Morgan fingerprint density at radius 2 is 2.29 bits per heavy atom. The van der Waals surface area contributed by atoms with E-state index in [-0.39, 0.29) is 17.4 Å². The van der Waals surface area contributed by atoms with Crippen molar-refractivity contribution in [3.63, 3.8) is 0 Å². The molecule has 4 heteroatoms. The van der Waals surface area contributed by atoms with Crippen LogP contribution in [0.1, 0.15) is 59.6 Å². The van der Waals surface area contributed by atoms with Crippen LogP contribution in [-0.2, 0) is 0 Å². The minimum absolute atomic E-state index is 0.0314. The van der Waals surface area contributed by atoms with Crippen molar-refractivity contribution < 1.29 is 4.79 Å². The number of nitrogens with two attached hydrogens (primary N) is 1. The van der Waals surface area contributed by atoms with Crippen LogP contribution >= 0.6 is 11.3 Å². The summed E-state index contributed by atoms with van der Waals surface area (Å²) in [6.45, 7) is 6.82. The molecule has 1 unspecified atom stereocenters. The molecule has 0 aliphatic heterocycles. The van der Waals surface area contributed by atoms with E-state index in [1.807, 2.05) is 13.0 Å². The van der Waals surface area contributed by atoms with Crippen LogP contribution in [0.25, 0.3) is 0 Å². The molecular weight excluding hydrogens is 280 g/mol. The molecule has 1 fully saturated rings. The van der Waals surface area contributed by atoms with E-state index < -0.39 is 0 Å². The molecule has 1 atom stereocenters. The van der Waals surface area contributed by atoms with Crippen molar-refractivity contribution in [3.05, 3.63) is 21.4 Å². The fourth-order valence-electron chi connectivity index (χ4n) is 2.84. The van der Waals surface area contributed by atoms with Crippen LogP contribution in [-0.4, -0.2) is 18.5 Å². The molecule has 1 aliphatic carbocycles. The van der Waals surface area contributed by atoms with Crippen molar-refractivity contribution in [3.8, 4) is 11.8 Å². The highest BCUT2D eigenvalue weighted by Crippen LogP contribution is 2.35. The lowest BCUT2D eigenvalue weighted by atomic mass is 9.73. The van der Waals surface area contributed by atoms with E-state index in [0.717, 1.165) is 21.7 Å². The minimum atomic E-state index is 0.0314. The average molecular weight is 304 g/mol. The summed E-state index contributed by atoms with van der Waals surface area (Å²) in [4.78, 5) is 14.2. The predicted molar refractivity (Wildman–Crippen MR) is 88.5 cm³/mol. The van der Waals surface area contributed by atoms with Crippen molar-refractivity contribution >= 4 is 17.2 Å². The zero-order valence-electron chi connectivity index (χ0n) is 13.1. The summed E-state index contributed by atoms with van der Waals surface area (Å²) in [6.07, 6.45) is 4.71. The number of hydrogen-bond acceptors (Lipinski definition) is 3. The van der Waals surface area contributed by atoms with Crippen molar-refractivity contribution in [1.82, 2.24) is 5.32 Å². The Labute approximate surface area is 131 Å². The lowest BCUT2D eigenvalue weighted by Gasteiger charge is -2.38. The number of carbonyl (C=O) groups is 1. The SMILES string of the molecule is Cc1cc(C(=O)NC2CCCCC2(C)C)sc1C#CCN. The van der Waals surface area contributed by atoms with Crippen LogP contribution in [0.2, 0.25) is 0 Å². The normalized spacial score (nSPS) is 20.5. The fourth-order valence-corrected chi connectivity index (χ4v) is 3.79. The van der Waals surface area contributed by atoms with Gasteiger partial charge in [-0.3, -0.25) is 4.79 Å². The molecule has 0 spiro atoms. The van der Waals surface area contributed by atoms with E-state index in [2.05, 4.69) is 31.0 Å². The van der Waals surface area contributed by atoms with E-state index in [1.54, 1.807) is 0 Å². The highest BCUT2D eigenvalue weighted by atomic mass is 32.1. The molecule has 0 radical (unpaired) electrons. The molecule has 1 aliphatic rings. The maximum absolute atomic E-state index is 12.5. The smallest absolute Gasteiger partial charge is 0.261 e. The summed E-state index contributed by atoms with van der Waals surface area (Å²) in [5, 5.41) is 3.22. The molecule has 1 aromatic heterocycles. The first-order valence-corrected chi connectivity index (χ1v) is 8.36. The highest BCUT2D eigenvalue weighted by Gasteiger charge is 2.33. The third kappa shape index (κ3) is 3.87. The van der Waals surface area contributed by atoms with Crippen molar-refractivity contribution in [2.45, 2.75) is 52.5 Å². The molecule has 1 aromatic rings. The summed E-state index contributed by atoms with van der Waals surface area (Å²) in [6, 6.07) is 2.19.